The minimum Gasteiger partial charge on any atom is -0.457 e. The van der Waals surface area contributed by atoms with Gasteiger partial charge >= 0.3 is 21.3 Å². The lowest BCUT2D eigenvalue weighted by Crippen LogP contribution is -2.47. The molecule has 5 rings (SSSR count). The highest BCUT2D eigenvalue weighted by molar-refractivity contribution is 7.87. The summed E-state index contributed by atoms with van der Waals surface area (Å²) < 4.78 is 73.1. The van der Waals surface area contributed by atoms with Gasteiger partial charge < -0.3 is 14.2 Å². The number of esters is 1. The average Bonchev–Trinajstić information content (AvgIpc) is 2.54. The molecular formula is C17H26F2O7S. The number of hydrogen-bond acceptors (Lipinski definition) is 6. The Hall–Kier alpha value is -0.840. The van der Waals surface area contributed by atoms with E-state index in [1.807, 2.05) is 0 Å². The van der Waals surface area contributed by atoms with Crippen LogP contribution in [-0.4, -0.2) is 50.3 Å². The van der Waals surface area contributed by atoms with Crippen LogP contribution in [0.5, 0.6) is 0 Å². The summed E-state index contributed by atoms with van der Waals surface area (Å²) in [5.41, 5.74) is 0. The van der Waals surface area contributed by atoms with E-state index in [2.05, 4.69) is 0 Å². The molecule has 0 radical (unpaired) electrons. The minimum absolute atomic E-state index is 0.0942. The smallest absolute Gasteiger partial charge is 0.457 e. The number of carbonyl (C=O) groups is 1. The maximum atomic E-state index is 13.6. The van der Waals surface area contributed by atoms with E-state index in [1.54, 1.807) is 7.11 Å². The van der Waals surface area contributed by atoms with Crippen LogP contribution in [0, 0.1) is 23.7 Å². The molecule has 5 saturated carbocycles. The third-order valence-electron chi connectivity index (χ3n) is 6.36. The van der Waals surface area contributed by atoms with Crippen LogP contribution in [0.2, 0.25) is 0 Å². The molecule has 0 spiro atoms. The van der Waals surface area contributed by atoms with Crippen molar-refractivity contribution in [3.05, 3.63) is 0 Å². The minimum atomic E-state index is -5.85. The van der Waals surface area contributed by atoms with Gasteiger partial charge in [0, 0.05) is 7.11 Å². The van der Waals surface area contributed by atoms with Gasteiger partial charge in [0.25, 0.3) is 0 Å². The molecule has 0 amide bonds. The molecule has 0 saturated heterocycles. The molecule has 0 aromatic rings. The first-order chi connectivity index (χ1) is 12.6. The van der Waals surface area contributed by atoms with E-state index >= 15 is 0 Å². The molecular weight excluding hydrogens is 386 g/mol. The van der Waals surface area contributed by atoms with Gasteiger partial charge in [0.1, 0.15) is 12.9 Å². The van der Waals surface area contributed by atoms with Gasteiger partial charge in [-0.3, -0.25) is 4.55 Å². The molecule has 5 aliphatic carbocycles. The summed E-state index contributed by atoms with van der Waals surface area (Å²) in [5, 5.41) is -4.94. The third-order valence-corrected chi connectivity index (χ3v) is 7.17. The lowest BCUT2D eigenvalue weighted by Gasteiger charge is -2.49. The fraction of sp³-hybridized carbons (Fsp3) is 0.941. The van der Waals surface area contributed by atoms with E-state index in [0.29, 0.717) is 37.0 Å². The second kappa shape index (κ2) is 7.88. The highest BCUT2D eigenvalue weighted by Crippen LogP contribution is 2.50. The summed E-state index contributed by atoms with van der Waals surface area (Å²) in [5.74, 6) is -1.21. The fourth-order valence-corrected chi connectivity index (χ4v) is 5.43. The lowest BCUT2D eigenvalue weighted by molar-refractivity contribution is -0.176. The Labute approximate surface area is 157 Å². The molecule has 4 bridgehead atoms. The van der Waals surface area contributed by atoms with Crippen LogP contribution < -0.4 is 0 Å². The zero-order valence-electron chi connectivity index (χ0n) is 15.2. The normalized spacial score (nSPS) is 36.7. The second-order valence-electron chi connectivity index (χ2n) is 7.96. The molecule has 27 heavy (non-hydrogen) atoms. The van der Waals surface area contributed by atoms with Crippen molar-refractivity contribution in [2.24, 2.45) is 23.7 Å². The van der Waals surface area contributed by atoms with Crippen LogP contribution in [0.15, 0.2) is 0 Å². The van der Waals surface area contributed by atoms with Crippen LogP contribution in [0.4, 0.5) is 8.78 Å². The number of fused-ring (bicyclic) bond motifs is 3. The first kappa shape index (κ1) is 20.9. The van der Waals surface area contributed by atoms with E-state index in [4.69, 9.17) is 18.8 Å². The van der Waals surface area contributed by atoms with Gasteiger partial charge in [0.2, 0.25) is 0 Å². The Balaban J connectivity index is 1.71. The second-order valence-corrected chi connectivity index (χ2v) is 9.42. The Morgan fingerprint density at radius 2 is 1.74 bits per heavy atom. The number of halogens is 2. The van der Waals surface area contributed by atoms with Crippen molar-refractivity contribution in [1.82, 2.24) is 0 Å². The quantitative estimate of drug-likeness (QED) is 0.407. The predicted molar refractivity (Wildman–Crippen MR) is 89.4 cm³/mol. The number of ether oxygens (including phenoxy) is 3. The van der Waals surface area contributed by atoms with Crippen molar-refractivity contribution >= 4 is 16.1 Å². The highest BCUT2D eigenvalue weighted by Gasteiger charge is 2.55. The number of rotatable bonds is 6. The summed E-state index contributed by atoms with van der Waals surface area (Å²) >= 11 is 0. The Morgan fingerprint density at radius 1 is 1.07 bits per heavy atom. The number of carbonyl (C=O) groups excluding carboxylic acids is 1. The molecule has 5 fully saturated rings. The summed E-state index contributed by atoms with van der Waals surface area (Å²) in [6.45, 7) is 0.245. The SMILES string of the molecule is COCOC1CC2CC3CCC1C(CCC3OC(=O)C(F)(F)S(=O)(=O)O)C2. The van der Waals surface area contributed by atoms with Gasteiger partial charge in [-0.05, 0) is 68.6 Å². The fourth-order valence-electron chi connectivity index (χ4n) is 5.17. The van der Waals surface area contributed by atoms with Crippen molar-refractivity contribution < 1.29 is 40.8 Å². The zero-order chi connectivity index (χ0) is 19.8. The first-order valence-corrected chi connectivity index (χ1v) is 10.7. The molecule has 1 N–H and O–H groups in total. The van der Waals surface area contributed by atoms with Crippen LogP contribution in [-0.2, 0) is 29.1 Å². The van der Waals surface area contributed by atoms with E-state index in [-0.39, 0.29) is 18.8 Å². The largest absolute Gasteiger partial charge is 0.465 e. The van der Waals surface area contributed by atoms with E-state index in [9.17, 15) is 22.0 Å². The maximum absolute atomic E-state index is 13.6. The Morgan fingerprint density at radius 3 is 2.41 bits per heavy atom. The van der Waals surface area contributed by atoms with E-state index in [0.717, 1.165) is 25.7 Å². The molecule has 10 heteroatoms. The predicted octanol–water partition coefficient (Wildman–Crippen LogP) is 2.60. The number of methoxy groups -OCH3 is 1. The van der Waals surface area contributed by atoms with Gasteiger partial charge in [0.15, 0.2) is 0 Å². The summed E-state index contributed by atoms with van der Waals surface area (Å²) in [6, 6.07) is 0. The topological polar surface area (TPSA) is 99.1 Å². The monoisotopic (exact) mass is 412 g/mol. The molecule has 0 aromatic carbocycles. The average molecular weight is 412 g/mol. The maximum Gasteiger partial charge on any atom is 0.465 e. The first-order valence-electron chi connectivity index (χ1n) is 9.30. The third kappa shape index (κ3) is 4.28. The van der Waals surface area contributed by atoms with Crippen LogP contribution in [0.3, 0.4) is 0 Å². The van der Waals surface area contributed by atoms with Crippen molar-refractivity contribution in [1.29, 1.82) is 0 Å². The van der Waals surface area contributed by atoms with Crippen LogP contribution in [0.25, 0.3) is 0 Å². The van der Waals surface area contributed by atoms with Gasteiger partial charge in [-0.25, -0.2) is 4.79 Å². The molecule has 6 atom stereocenters. The summed E-state index contributed by atoms with van der Waals surface area (Å²) in [4.78, 5) is 11.7. The Kier molecular flexibility index (Phi) is 6.10. The number of hydrogen-bond donors (Lipinski definition) is 1. The highest BCUT2D eigenvalue weighted by atomic mass is 32.2. The van der Waals surface area contributed by atoms with E-state index < -0.39 is 27.4 Å². The molecule has 5 aliphatic rings. The Bertz CT molecular complexity index is 654. The van der Waals surface area contributed by atoms with E-state index in [1.165, 1.54) is 0 Å². The molecule has 0 aromatic heterocycles. The van der Waals surface area contributed by atoms with Crippen molar-refractivity contribution in [2.45, 2.75) is 62.4 Å². The molecule has 0 heterocycles. The van der Waals surface area contributed by atoms with Gasteiger partial charge in [-0.2, -0.15) is 17.2 Å². The molecule has 7 nitrogen and oxygen atoms in total. The molecule has 156 valence electrons. The standard InChI is InChI=1S/C17H26F2O7S/c1-24-9-25-15-8-10-6-11-3-5-14(12(7-10)2-4-13(11)15)26-16(20)17(18,19)27(21,22)23/h10-15H,2-9H2,1H3,(H,21,22,23). The summed E-state index contributed by atoms with van der Waals surface area (Å²) in [6.07, 6.45) is 4.68. The number of alkyl halides is 2. The van der Waals surface area contributed by atoms with Crippen molar-refractivity contribution in [3.8, 4) is 0 Å². The van der Waals surface area contributed by atoms with Crippen LogP contribution in [0.1, 0.15) is 44.9 Å². The van der Waals surface area contributed by atoms with Gasteiger partial charge in [0.05, 0.1) is 6.10 Å². The van der Waals surface area contributed by atoms with Crippen LogP contribution >= 0.6 is 0 Å². The van der Waals surface area contributed by atoms with Crippen molar-refractivity contribution in [2.75, 3.05) is 13.9 Å². The lowest BCUT2D eigenvalue weighted by atomic mass is 9.60. The zero-order valence-corrected chi connectivity index (χ0v) is 16.0. The van der Waals surface area contributed by atoms with Crippen molar-refractivity contribution in [3.63, 3.8) is 0 Å². The van der Waals surface area contributed by atoms with Gasteiger partial charge in [-0.15, -0.1) is 0 Å². The molecule has 0 aliphatic heterocycles. The van der Waals surface area contributed by atoms with Gasteiger partial charge in [-0.1, -0.05) is 0 Å². The summed E-state index contributed by atoms with van der Waals surface area (Å²) in [7, 11) is -4.27. The molecule has 6 unspecified atom stereocenters.